The molecule has 5 heteroatoms. The van der Waals surface area contributed by atoms with Crippen LogP contribution in [0.4, 0.5) is 0 Å². The zero-order valence-electron chi connectivity index (χ0n) is 11.7. The quantitative estimate of drug-likeness (QED) is 0.912. The number of hydrogen-bond donors (Lipinski definition) is 1. The van der Waals surface area contributed by atoms with E-state index in [0.717, 1.165) is 34.0 Å². The SMILES string of the molecule is COc1ccc(-c2c(CN)nn(C)c2C)c(OC)c1. The van der Waals surface area contributed by atoms with Gasteiger partial charge in [-0.3, -0.25) is 4.68 Å². The van der Waals surface area contributed by atoms with Crippen molar-refractivity contribution in [2.24, 2.45) is 12.8 Å². The lowest BCUT2D eigenvalue weighted by Crippen LogP contribution is -2.00. The number of nitrogens with zero attached hydrogens (tertiary/aromatic N) is 2. The van der Waals surface area contributed by atoms with Crippen LogP contribution in [0, 0.1) is 6.92 Å². The van der Waals surface area contributed by atoms with Gasteiger partial charge >= 0.3 is 0 Å². The summed E-state index contributed by atoms with van der Waals surface area (Å²) in [7, 11) is 5.19. The Labute approximate surface area is 112 Å². The van der Waals surface area contributed by atoms with E-state index in [-0.39, 0.29) is 0 Å². The highest BCUT2D eigenvalue weighted by atomic mass is 16.5. The highest BCUT2D eigenvalue weighted by Crippen LogP contribution is 2.36. The van der Waals surface area contributed by atoms with Gasteiger partial charge in [-0.1, -0.05) is 0 Å². The molecule has 0 saturated carbocycles. The second kappa shape index (κ2) is 5.32. The molecule has 0 aliphatic heterocycles. The minimum absolute atomic E-state index is 0.395. The van der Waals surface area contributed by atoms with Gasteiger partial charge in [0.1, 0.15) is 11.5 Å². The van der Waals surface area contributed by atoms with Gasteiger partial charge in [-0.05, 0) is 19.1 Å². The first-order valence-corrected chi connectivity index (χ1v) is 6.07. The third-order valence-corrected chi connectivity index (χ3v) is 3.28. The molecule has 19 heavy (non-hydrogen) atoms. The summed E-state index contributed by atoms with van der Waals surface area (Å²) in [5, 5.41) is 4.43. The molecule has 0 atom stereocenters. The average Bonchev–Trinajstić information content (AvgIpc) is 2.73. The van der Waals surface area contributed by atoms with Crippen molar-refractivity contribution in [2.75, 3.05) is 14.2 Å². The Morgan fingerprint density at radius 2 is 2.00 bits per heavy atom. The molecular formula is C14H19N3O2. The molecule has 5 nitrogen and oxygen atoms in total. The Hall–Kier alpha value is -2.01. The van der Waals surface area contributed by atoms with Crippen LogP contribution >= 0.6 is 0 Å². The highest BCUT2D eigenvalue weighted by Gasteiger charge is 2.17. The van der Waals surface area contributed by atoms with E-state index in [1.807, 2.05) is 36.9 Å². The monoisotopic (exact) mass is 261 g/mol. The number of methoxy groups -OCH3 is 2. The molecule has 0 radical (unpaired) electrons. The minimum atomic E-state index is 0.395. The third-order valence-electron chi connectivity index (χ3n) is 3.28. The molecule has 0 fully saturated rings. The van der Waals surface area contributed by atoms with Crippen LogP contribution in [0.5, 0.6) is 11.5 Å². The van der Waals surface area contributed by atoms with Crippen molar-refractivity contribution in [3.63, 3.8) is 0 Å². The summed E-state index contributed by atoms with van der Waals surface area (Å²) in [5.74, 6) is 1.52. The number of aromatic nitrogens is 2. The number of hydrogen-bond acceptors (Lipinski definition) is 4. The fourth-order valence-electron chi connectivity index (χ4n) is 2.17. The number of ether oxygens (including phenoxy) is 2. The number of benzene rings is 1. The Bertz CT molecular complexity index is 591. The molecule has 1 aromatic carbocycles. The molecule has 2 rings (SSSR count). The maximum atomic E-state index is 5.78. The zero-order chi connectivity index (χ0) is 14.0. The van der Waals surface area contributed by atoms with Crippen LogP contribution in [0.1, 0.15) is 11.4 Å². The van der Waals surface area contributed by atoms with Gasteiger partial charge in [0, 0.05) is 36.5 Å². The van der Waals surface area contributed by atoms with Crippen LogP contribution in [-0.4, -0.2) is 24.0 Å². The van der Waals surface area contributed by atoms with Gasteiger partial charge < -0.3 is 15.2 Å². The Kier molecular flexibility index (Phi) is 3.76. The minimum Gasteiger partial charge on any atom is -0.497 e. The lowest BCUT2D eigenvalue weighted by molar-refractivity contribution is 0.395. The molecule has 0 aliphatic carbocycles. The van der Waals surface area contributed by atoms with E-state index in [0.29, 0.717) is 6.54 Å². The van der Waals surface area contributed by atoms with Gasteiger partial charge in [0.25, 0.3) is 0 Å². The average molecular weight is 261 g/mol. The molecule has 0 bridgehead atoms. The summed E-state index contributed by atoms with van der Waals surface area (Å²) in [4.78, 5) is 0. The van der Waals surface area contributed by atoms with Gasteiger partial charge in [-0.15, -0.1) is 0 Å². The maximum absolute atomic E-state index is 5.78. The highest BCUT2D eigenvalue weighted by molar-refractivity contribution is 5.75. The Morgan fingerprint density at radius 3 is 2.58 bits per heavy atom. The fourth-order valence-corrected chi connectivity index (χ4v) is 2.17. The van der Waals surface area contributed by atoms with E-state index in [2.05, 4.69) is 5.10 Å². The molecule has 0 saturated heterocycles. The maximum Gasteiger partial charge on any atom is 0.130 e. The lowest BCUT2D eigenvalue weighted by atomic mass is 10.0. The van der Waals surface area contributed by atoms with Crippen molar-refractivity contribution < 1.29 is 9.47 Å². The van der Waals surface area contributed by atoms with Gasteiger partial charge in [-0.2, -0.15) is 5.10 Å². The molecule has 102 valence electrons. The van der Waals surface area contributed by atoms with E-state index in [9.17, 15) is 0 Å². The summed E-state index contributed by atoms with van der Waals surface area (Å²) in [6.07, 6.45) is 0. The summed E-state index contributed by atoms with van der Waals surface area (Å²) in [5.41, 5.74) is 9.71. The second-order valence-corrected chi connectivity index (χ2v) is 4.30. The molecule has 0 aliphatic rings. The summed E-state index contributed by atoms with van der Waals surface area (Å²) in [6, 6.07) is 5.74. The summed E-state index contributed by atoms with van der Waals surface area (Å²) in [6.45, 7) is 2.41. The van der Waals surface area contributed by atoms with Crippen LogP contribution in [0.25, 0.3) is 11.1 Å². The predicted molar refractivity (Wildman–Crippen MR) is 74.4 cm³/mol. The van der Waals surface area contributed by atoms with Crippen molar-refractivity contribution in [3.05, 3.63) is 29.6 Å². The number of nitrogens with two attached hydrogens (primary N) is 1. The molecule has 2 N–H and O–H groups in total. The van der Waals surface area contributed by atoms with Gasteiger partial charge in [0.05, 0.1) is 19.9 Å². The molecule has 1 aromatic heterocycles. The first kappa shape index (κ1) is 13.4. The van der Waals surface area contributed by atoms with Crippen molar-refractivity contribution in [2.45, 2.75) is 13.5 Å². The van der Waals surface area contributed by atoms with Crippen molar-refractivity contribution >= 4 is 0 Å². The van der Waals surface area contributed by atoms with Crippen LogP contribution < -0.4 is 15.2 Å². The number of rotatable bonds is 4. The first-order valence-electron chi connectivity index (χ1n) is 6.07. The van der Waals surface area contributed by atoms with E-state index >= 15 is 0 Å². The van der Waals surface area contributed by atoms with Crippen LogP contribution in [0.15, 0.2) is 18.2 Å². The standard InChI is InChI=1S/C14H19N3O2/c1-9-14(12(8-15)16-17(9)2)11-6-5-10(18-3)7-13(11)19-4/h5-7H,8,15H2,1-4H3. The van der Waals surface area contributed by atoms with E-state index in [4.69, 9.17) is 15.2 Å². The first-order chi connectivity index (χ1) is 9.12. The zero-order valence-corrected chi connectivity index (χ0v) is 11.7. The molecule has 0 spiro atoms. The smallest absolute Gasteiger partial charge is 0.130 e. The third kappa shape index (κ3) is 2.29. The summed E-state index contributed by atoms with van der Waals surface area (Å²) < 4.78 is 12.5. The summed E-state index contributed by atoms with van der Waals surface area (Å²) >= 11 is 0. The molecule has 1 heterocycles. The van der Waals surface area contributed by atoms with Crippen LogP contribution in [0.3, 0.4) is 0 Å². The van der Waals surface area contributed by atoms with Gasteiger partial charge in [-0.25, -0.2) is 0 Å². The van der Waals surface area contributed by atoms with E-state index < -0.39 is 0 Å². The molecular weight excluding hydrogens is 242 g/mol. The molecule has 0 amide bonds. The Morgan fingerprint density at radius 1 is 1.26 bits per heavy atom. The molecule has 2 aromatic rings. The number of aryl methyl sites for hydroxylation is 1. The fraction of sp³-hybridized carbons (Fsp3) is 0.357. The van der Waals surface area contributed by atoms with Gasteiger partial charge in [0.15, 0.2) is 0 Å². The predicted octanol–water partition coefficient (Wildman–Crippen LogP) is 1.87. The van der Waals surface area contributed by atoms with Crippen molar-refractivity contribution in [1.82, 2.24) is 9.78 Å². The topological polar surface area (TPSA) is 62.3 Å². The van der Waals surface area contributed by atoms with E-state index in [1.165, 1.54) is 0 Å². The van der Waals surface area contributed by atoms with Crippen LogP contribution in [0.2, 0.25) is 0 Å². The van der Waals surface area contributed by atoms with Crippen LogP contribution in [-0.2, 0) is 13.6 Å². The van der Waals surface area contributed by atoms with Gasteiger partial charge in [0.2, 0.25) is 0 Å². The van der Waals surface area contributed by atoms with Crippen molar-refractivity contribution in [1.29, 1.82) is 0 Å². The molecule has 0 unspecified atom stereocenters. The second-order valence-electron chi connectivity index (χ2n) is 4.30. The Balaban J connectivity index is 2.64. The normalized spacial score (nSPS) is 10.6. The largest absolute Gasteiger partial charge is 0.497 e. The lowest BCUT2D eigenvalue weighted by Gasteiger charge is -2.11. The van der Waals surface area contributed by atoms with E-state index in [1.54, 1.807) is 14.2 Å². The van der Waals surface area contributed by atoms with Crippen molar-refractivity contribution in [3.8, 4) is 22.6 Å².